The van der Waals surface area contributed by atoms with E-state index in [1.807, 2.05) is 31.2 Å². The zero-order chi connectivity index (χ0) is 26.1. The number of halogens is 2. The number of amides is 1. The van der Waals surface area contributed by atoms with Crippen LogP contribution in [0, 0.1) is 6.92 Å². The largest absolute Gasteiger partial charge is 0.449 e. The van der Waals surface area contributed by atoms with Crippen LogP contribution in [0.4, 0.5) is 5.13 Å². The molecule has 0 fully saturated rings. The number of H-pyrrole nitrogens is 1. The van der Waals surface area contributed by atoms with E-state index < -0.39 is 18.0 Å². The van der Waals surface area contributed by atoms with Crippen molar-refractivity contribution >= 4 is 62.6 Å². The molecule has 2 heterocycles. The molecule has 0 bridgehead atoms. The number of thiazole rings is 1. The van der Waals surface area contributed by atoms with Crippen molar-refractivity contribution in [1.82, 2.24) is 15.0 Å². The van der Waals surface area contributed by atoms with Gasteiger partial charge in [0.2, 0.25) is 0 Å². The lowest BCUT2D eigenvalue weighted by atomic mass is 10.1. The van der Waals surface area contributed by atoms with Crippen LogP contribution in [0.25, 0.3) is 33.7 Å². The smallest absolute Gasteiger partial charge is 0.338 e. The third kappa shape index (κ3) is 5.51. The van der Waals surface area contributed by atoms with Gasteiger partial charge in [-0.15, -0.1) is 11.3 Å². The lowest BCUT2D eigenvalue weighted by molar-refractivity contribution is -0.123. The number of fused-ring (bicyclic) bond motifs is 1. The number of ether oxygens (including phenoxy) is 1. The number of aryl methyl sites for hydroxylation is 1. The predicted molar refractivity (Wildman–Crippen MR) is 147 cm³/mol. The fourth-order valence-electron chi connectivity index (χ4n) is 3.63. The van der Waals surface area contributed by atoms with Crippen LogP contribution >= 0.6 is 34.5 Å². The Balaban J connectivity index is 1.24. The first-order valence-corrected chi connectivity index (χ1v) is 12.9. The summed E-state index contributed by atoms with van der Waals surface area (Å²) >= 11 is 13.4. The van der Waals surface area contributed by atoms with Gasteiger partial charge in [-0.05, 0) is 50.2 Å². The highest BCUT2D eigenvalue weighted by Crippen LogP contribution is 2.32. The molecule has 3 aromatic carbocycles. The highest BCUT2D eigenvalue weighted by atomic mass is 35.5. The van der Waals surface area contributed by atoms with Crippen molar-refractivity contribution in [3.8, 4) is 22.6 Å². The Hall–Kier alpha value is -3.72. The van der Waals surface area contributed by atoms with E-state index in [1.165, 1.54) is 18.3 Å². The highest BCUT2D eigenvalue weighted by molar-refractivity contribution is 7.14. The Morgan fingerprint density at radius 1 is 1.03 bits per heavy atom. The average molecular weight is 551 g/mol. The van der Waals surface area contributed by atoms with E-state index in [4.69, 9.17) is 27.9 Å². The second-order valence-corrected chi connectivity index (χ2v) is 10.1. The van der Waals surface area contributed by atoms with Crippen LogP contribution in [0.5, 0.6) is 0 Å². The molecule has 2 N–H and O–H groups in total. The van der Waals surface area contributed by atoms with Gasteiger partial charge in [0.25, 0.3) is 5.91 Å². The van der Waals surface area contributed by atoms with Gasteiger partial charge < -0.3 is 9.72 Å². The minimum absolute atomic E-state index is 0.306. The van der Waals surface area contributed by atoms with Crippen LogP contribution in [0.15, 0.2) is 66.0 Å². The van der Waals surface area contributed by atoms with E-state index in [0.29, 0.717) is 43.3 Å². The molecule has 0 aliphatic carbocycles. The van der Waals surface area contributed by atoms with Crippen LogP contribution in [0.3, 0.4) is 0 Å². The monoisotopic (exact) mass is 550 g/mol. The van der Waals surface area contributed by atoms with Crippen LogP contribution < -0.4 is 5.32 Å². The summed E-state index contributed by atoms with van der Waals surface area (Å²) in [5.41, 5.74) is 5.12. The molecule has 0 saturated heterocycles. The Morgan fingerprint density at radius 2 is 1.81 bits per heavy atom. The van der Waals surface area contributed by atoms with Crippen molar-refractivity contribution in [2.45, 2.75) is 20.0 Å². The molecule has 1 atom stereocenters. The zero-order valence-electron chi connectivity index (χ0n) is 19.7. The summed E-state index contributed by atoms with van der Waals surface area (Å²) in [5.74, 6) is -0.416. The number of aromatic nitrogens is 3. The number of carbonyl (C=O) groups excluding carboxylic acids is 2. The molecule has 5 rings (SSSR count). The van der Waals surface area contributed by atoms with Gasteiger partial charge in [0.05, 0.1) is 27.3 Å². The number of carbonyl (C=O) groups is 2. The van der Waals surface area contributed by atoms with E-state index >= 15 is 0 Å². The van der Waals surface area contributed by atoms with Crippen LogP contribution in [0.2, 0.25) is 10.0 Å². The molecule has 0 spiro atoms. The number of esters is 1. The predicted octanol–water partition coefficient (Wildman–Crippen LogP) is 7.15. The quantitative estimate of drug-likeness (QED) is 0.219. The second-order valence-electron chi connectivity index (χ2n) is 8.38. The van der Waals surface area contributed by atoms with E-state index in [9.17, 15) is 9.59 Å². The summed E-state index contributed by atoms with van der Waals surface area (Å²) in [4.78, 5) is 37.6. The summed E-state index contributed by atoms with van der Waals surface area (Å²) in [7, 11) is 0. The Bertz CT molecular complexity index is 1630. The maximum atomic E-state index is 12.7. The maximum absolute atomic E-state index is 12.7. The van der Waals surface area contributed by atoms with Gasteiger partial charge in [-0.3, -0.25) is 10.1 Å². The third-order valence-corrected chi connectivity index (χ3v) is 6.94. The molecule has 0 radical (unpaired) electrons. The molecule has 10 heteroatoms. The van der Waals surface area contributed by atoms with Gasteiger partial charge in [0.1, 0.15) is 5.82 Å². The van der Waals surface area contributed by atoms with E-state index in [2.05, 4.69) is 20.3 Å². The number of nitrogens with one attached hydrogen (secondary N) is 2. The lowest BCUT2D eigenvalue weighted by Gasteiger charge is -2.12. The van der Waals surface area contributed by atoms with Crippen molar-refractivity contribution < 1.29 is 14.3 Å². The molecule has 186 valence electrons. The fourth-order valence-corrected chi connectivity index (χ4v) is 4.84. The average Bonchev–Trinajstić information content (AvgIpc) is 3.51. The molecule has 0 aliphatic heterocycles. The number of rotatable bonds is 6. The Morgan fingerprint density at radius 3 is 2.57 bits per heavy atom. The van der Waals surface area contributed by atoms with E-state index in [0.717, 1.165) is 16.6 Å². The van der Waals surface area contributed by atoms with Gasteiger partial charge in [-0.2, -0.15) is 0 Å². The van der Waals surface area contributed by atoms with Gasteiger partial charge in [0.15, 0.2) is 11.2 Å². The van der Waals surface area contributed by atoms with Crippen LogP contribution in [-0.4, -0.2) is 32.9 Å². The number of nitrogens with zero attached hydrogens (tertiary/aromatic N) is 2. The maximum Gasteiger partial charge on any atom is 0.338 e. The van der Waals surface area contributed by atoms with E-state index in [-0.39, 0.29) is 0 Å². The standard InChI is InChI=1S/C27H20Cl2N4O3S/c1-14-3-5-16(6-4-14)24-30-21-10-7-17(11-22(21)31-24)26(35)36-15(2)25(34)33-27-32-23(13-37-27)19-9-8-18(28)12-20(19)29/h3-13,15H,1-2H3,(H,30,31)(H,32,33,34). The van der Waals surface area contributed by atoms with Gasteiger partial charge >= 0.3 is 5.97 Å². The number of hydrogen-bond acceptors (Lipinski definition) is 6. The number of anilines is 1. The summed E-state index contributed by atoms with van der Waals surface area (Å²) in [5, 5.41) is 5.78. The minimum atomic E-state index is -1.04. The first-order chi connectivity index (χ1) is 17.8. The summed E-state index contributed by atoms with van der Waals surface area (Å²) in [6, 6.07) is 18.1. The topological polar surface area (TPSA) is 97.0 Å². The number of imidazole rings is 1. The SMILES string of the molecule is Cc1ccc(-c2nc3ccc(C(=O)OC(C)C(=O)Nc4nc(-c5ccc(Cl)cc5Cl)cs4)cc3[nH]2)cc1. The number of hydrogen-bond donors (Lipinski definition) is 2. The molecule has 2 aromatic heterocycles. The van der Waals surface area contributed by atoms with Gasteiger partial charge in [-0.1, -0.05) is 53.0 Å². The molecular formula is C27H20Cl2N4O3S. The molecule has 7 nitrogen and oxygen atoms in total. The van der Waals surface area contributed by atoms with Crippen molar-refractivity contribution in [3.05, 3.63) is 87.2 Å². The molecule has 0 saturated carbocycles. The van der Waals surface area contributed by atoms with Gasteiger partial charge in [-0.25, -0.2) is 14.8 Å². The zero-order valence-corrected chi connectivity index (χ0v) is 22.0. The molecule has 1 unspecified atom stereocenters. The summed E-state index contributed by atoms with van der Waals surface area (Å²) in [6.07, 6.45) is -1.04. The Kier molecular flexibility index (Phi) is 6.97. The molecule has 1 amide bonds. The van der Waals surface area contributed by atoms with Crippen LogP contribution in [0.1, 0.15) is 22.8 Å². The highest BCUT2D eigenvalue weighted by Gasteiger charge is 2.21. The summed E-state index contributed by atoms with van der Waals surface area (Å²) < 4.78 is 5.40. The molecular weight excluding hydrogens is 531 g/mol. The second kappa shape index (κ2) is 10.3. The molecule has 5 aromatic rings. The van der Waals surface area contributed by atoms with Crippen molar-refractivity contribution in [2.24, 2.45) is 0 Å². The van der Waals surface area contributed by atoms with E-state index in [1.54, 1.807) is 41.8 Å². The third-order valence-electron chi connectivity index (χ3n) is 5.64. The van der Waals surface area contributed by atoms with Crippen molar-refractivity contribution in [1.29, 1.82) is 0 Å². The normalized spacial score (nSPS) is 11.9. The first kappa shape index (κ1) is 25.0. The molecule has 37 heavy (non-hydrogen) atoms. The molecule has 0 aliphatic rings. The van der Waals surface area contributed by atoms with Crippen LogP contribution in [-0.2, 0) is 9.53 Å². The Labute approximate surface area is 226 Å². The lowest BCUT2D eigenvalue weighted by Crippen LogP contribution is -2.29. The first-order valence-electron chi connectivity index (χ1n) is 11.3. The van der Waals surface area contributed by atoms with Gasteiger partial charge in [0, 0.05) is 21.5 Å². The summed E-state index contributed by atoms with van der Waals surface area (Å²) in [6.45, 7) is 3.52. The minimum Gasteiger partial charge on any atom is -0.449 e. The number of aromatic amines is 1. The number of benzene rings is 3. The fraction of sp³-hybridized carbons (Fsp3) is 0.111. The van der Waals surface area contributed by atoms with Crippen molar-refractivity contribution in [2.75, 3.05) is 5.32 Å². The van der Waals surface area contributed by atoms with Crippen molar-refractivity contribution in [3.63, 3.8) is 0 Å².